The Kier molecular flexibility index (Phi) is 4.67. The predicted octanol–water partition coefficient (Wildman–Crippen LogP) is 2.15. The lowest BCUT2D eigenvalue weighted by atomic mass is 10.2. The number of aromatic nitrogens is 2. The van der Waals surface area contributed by atoms with Crippen LogP contribution in [-0.2, 0) is 6.42 Å². The molecule has 1 aliphatic rings. The van der Waals surface area contributed by atoms with E-state index in [1.807, 2.05) is 6.07 Å². The SMILES string of the molecule is OC[C@@H]1CCCN1c1cc(NCCc2ccsc2)ncn1. The average Bonchev–Trinajstić information content (AvgIpc) is 3.18. The van der Waals surface area contributed by atoms with Gasteiger partial charge < -0.3 is 15.3 Å². The zero-order valence-corrected chi connectivity index (χ0v) is 12.7. The van der Waals surface area contributed by atoms with Crippen LogP contribution in [0.2, 0.25) is 0 Å². The highest BCUT2D eigenvalue weighted by atomic mass is 32.1. The maximum Gasteiger partial charge on any atom is 0.134 e. The van der Waals surface area contributed by atoms with Gasteiger partial charge in [0.2, 0.25) is 0 Å². The van der Waals surface area contributed by atoms with E-state index in [9.17, 15) is 5.11 Å². The lowest BCUT2D eigenvalue weighted by Crippen LogP contribution is -2.32. The number of nitrogens with zero attached hydrogens (tertiary/aromatic N) is 3. The Balaban J connectivity index is 1.60. The largest absolute Gasteiger partial charge is 0.394 e. The van der Waals surface area contributed by atoms with Crippen molar-refractivity contribution in [3.05, 3.63) is 34.8 Å². The molecule has 0 amide bonds. The number of aliphatic hydroxyl groups excluding tert-OH is 1. The van der Waals surface area contributed by atoms with E-state index in [1.165, 1.54) is 5.56 Å². The number of nitrogens with one attached hydrogen (secondary N) is 1. The number of hydrogen-bond donors (Lipinski definition) is 2. The van der Waals surface area contributed by atoms with Gasteiger partial charge in [0.1, 0.15) is 18.0 Å². The van der Waals surface area contributed by atoms with E-state index in [1.54, 1.807) is 17.7 Å². The van der Waals surface area contributed by atoms with Crippen LogP contribution in [0.3, 0.4) is 0 Å². The first-order chi connectivity index (χ1) is 10.4. The molecule has 0 aliphatic carbocycles. The Hall–Kier alpha value is -1.66. The maximum absolute atomic E-state index is 9.41. The van der Waals surface area contributed by atoms with E-state index in [0.717, 1.165) is 44.0 Å². The van der Waals surface area contributed by atoms with Gasteiger partial charge in [-0.05, 0) is 41.7 Å². The van der Waals surface area contributed by atoms with Gasteiger partial charge in [-0.25, -0.2) is 9.97 Å². The van der Waals surface area contributed by atoms with Crippen LogP contribution in [0.1, 0.15) is 18.4 Å². The second kappa shape index (κ2) is 6.87. The Morgan fingerprint density at radius 1 is 1.43 bits per heavy atom. The molecule has 1 aliphatic heterocycles. The minimum Gasteiger partial charge on any atom is -0.394 e. The number of anilines is 2. The van der Waals surface area contributed by atoms with E-state index >= 15 is 0 Å². The molecule has 1 saturated heterocycles. The fourth-order valence-corrected chi connectivity index (χ4v) is 3.40. The van der Waals surface area contributed by atoms with Gasteiger partial charge in [-0.3, -0.25) is 0 Å². The fourth-order valence-electron chi connectivity index (χ4n) is 2.70. The molecule has 3 heterocycles. The third-order valence-electron chi connectivity index (χ3n) is 3.83. The molecule has 112 valence electrons. The molecule has 2 aromatic heterocycles. The van der Waals surface area contributed by atoms with Gasteiger partial charge in [0.05, 0.1) is 12.6 Å². The van der Waals surface area contributed by atoms with Crippen LogP contribution >= 0.6 is 11.3 Å². The fraction of sp³-hybridized carbons (Fsp3) is 0.467. The lowest BCUT2D eigenvalue weighted by Gasteiger charge is -2.24. The summed E-state index contributed by atoms with van der Waals surface area (Å²) in [7, 11) is 0. The quantitative estimate of drug-likeness (QED) is 0.856. The summed E-state index contributed by atoms with van der Waals surface area (Å²) in [5.74, 6) is 1.75. The molecule has 2 N–H and O–H groups in total. The van der Waals surface area contributed by atoms with Gasteiger partial charge in [-0.2, -0.15) is 11.3 Å². The van der Waals surface area contributed by atoms with Crippen LogP contribution in [0.15, 0.2) is 29.2 Å². The van der Waals surface area contributed by atoms with Crippen molar-refractivity contribution in [3.8, 4) is 0 Å². The molecule has 1 fully saturated rings. The first-order valence-electron chi connectivity index (χ1n) is 7.31. The Bertz CT molecular complexity index is 561. The molecule has 0 saturated carbocycles. The summed E-state index contributed by atoms with van der Waals surface area (Å²) in [6.45, 7) is 2.00. The number of aliphatic hydroxyl groups is 1. The van der Waals surface area contributed by atoms with Crippen molar-refractivity contribution in [1.29, 1.82) is 0 Å². The van der Waals surface area contributed by atoms with E-state index in [2.05, 4.69) is 37.0 Å². The molecular weight excluding hydrogens is 284 g/mol. The van der Waals surface area contributed by atoms with Crippen LogP contribution in [0.25, 0.3) is 0 Å². The summed E-state index contributed by atoms with van der Waals surface area (Å²) >= 11 is 1.72. The van der Waals surface area contributed by atoms with Crippen LogP contribution in [-0.4, -0.2) is 40.8 Å². The van der Waals surface area contributed by atoms with E-state index in [-0.39, 0.29) is 12.6 Å². The minimum absolute atomic E-state index is 0.185. The molecule has 0 spiro atoms. The van der Waals surface area contributed by atoms with Gasteiger partial charge in [0, 0.05) is 19.2 Å². The van der Waals surface area contributed by atoms with Gasteiger partial charge in [-0.1, -0.05) is 0 Å². The third kappa shape index (κ3) is 3.51. The molecule has 21 heavy (non-hydrogen) atoms. The number of hydrogen-bond acceptors (Lipinski definition) is 6. The standard InChI is InChI=1S/C15H20N4OS/c20-9-13-2-1-6-19(13)15-8-14(17-11-18-15)16-5-3-12-4-7-21-10-12/h4,7-8,10-11,13,20H,1-3,5-6,9H2,(H,16,17,18)/t13-/m0/s1. The summed E-state index contributed by atoms with van der Waals surface area (Å²) < 4.78 is 0. The Morgan fingerprint density at radius 3 is 3.19 bits per heavy atom. The topological polar surface area (TPSA) is 61.3 Å². The van der Waals surface area contributed by atoms with Crippen LogP contribution < -0.4 is 10.2 Å². The number of thiophene rings is 1. The second-order valence-corrected chi connectivity index (χ2v) is 6.02. The van der Waals surface area contributed by atoms with Gasteiger partial charge in [0.25, 0.3) is 0 Å². The molecule has 0 radical (unpaired) electrons. The lowest BCUT2D eigenvalue weighted by molar-refractivity contribution is 0.266. The second-order valence-electron chi connectivity index (χ2n) is 5.24. The highest BCUT2D eigenvalue weighted by molar-refractivity contribution is 7.07. The minimum atomic E-state index is 0.185. The molecular formula is C15H20N4OS. The summed E-state index contributed by atoms with van der Waals surface area (Å²) in [4.78, 5) is 10.8. The smallest absolute Gasteiger partial charge is 0.134 e. The molecule has 1 atom stereocenters. The summed E-state index contributed by atoms with van der Waals surface area (Å²) in [6, 6.07) is 4.31. The molecule has 3 rings (SSSR count). The third-order valence-corrected chi connectivity index (χ3v) is 4.57. The monoisotopic (exact) mass is 304 g/mol. The van der Waals surface area contributed by atoms with Crippen LogP contribution in [0.4, 0.5) is 11.6 Å². The van der Waals surface area contributed by atoms with E-state index in [0.29, 0.717) is 0 Å². The van der Waals surface area contributed by atoms with Crippen molar-refractivity contribution in [2.75, 3.05) is 29.9 Å². The van der Waals surface area contributed by atoms with Crippen molar-refractivity contribution >= 4 is 23.0 Å². The van der Waals surface area contributed by atoms with Gasteiger partial charge in [0.15, 0.2) is 0 Å². The molecule has 2 aromatic rings. The highest BCUT2D eigenvalue weighted by Crippen LogP contribution is 2.24. The predicted molar refractivity (Wildman–Crippen MR) is 86.0 cm³/mol. The molecule has 6 heteroatoms. The molecule has 5 nitrogen and oxygen atoms in total. The van der Waals surface area contributed by atoms with E-state index in [4.69, 9.17) is 0 Å². The number of rotatable bonds is 6. The molecule has 0 bridgehead atoms. The average molecular weight is 304 g/mol. The van der Waals surface area contributed by atoms with Crippen molar-refractivity contribution in [1.82, 2.24) is 9.97 Å². The zero-order valence-electron chi connectivity index (χ0n) is 11.9. The van der Waals surface area contributed by atoms with Crippen molar-refractivity contribution < 1.29 is 5.11 Å². The van der Waals surface area contributed by atoms with Gasteiger partial charge >= 0.3 is 0 Å². The summed E-state index contributed by atoms with van der Waals surface area (Å²) in [6.07, 6.45) is 4.72. The van der Waals surface area contributed by atoms with E-state index < -0.39 is 0 Å². The van der Waals surface area contributed by atoms with Crippen molar-refractivity contribution in [2.24, 2.45) is 0 Å². The van der Waals surface area contributed by atoms with Crippen LogP contribution in [0.5, 0.6) is 0 Å². The molecule has 0 unspecified atom stereocenters. The highest BCUT2D eigenvalue weighted by Gasteiger charge is 2.24. The normalized spacial score (nSPS) is 18.1. The first-order valence-corrected chi connectivity index (χ1v) is 8.25. The maximum atomic E-state index is 9.41. The van der Waals surface area contributed by atoms with Crippen molar-refractivity contribution in [2.45, 2.75) is 25.3 Å². The van der Waals surface area contributed by atoms with Gasteiger partial charge in [-0.15, -0.1) is 0 Å². The van der Waals surface area contributed by atoms with Crippen LogP contribution in [0, 0.1) is 0 Å². The molecule has 0 aromatic carbocycles. The Labute approximate surface area is 128 Å². The summed E-state index contributed by atoms with van der Waals surface area (Å²) in [5, 5.41) is 17.0. The zero-order chi connectivity index (χ0) is 14.5. The first kappa shape index (κ1) is 14.3. The summed E-state index contributed by atoms with van der Waals surface area (Å²) in [5.41, 5.74) is 1.35. The van der Waals surface area contributed by atoms with Crippen molar-refractivity contribution in [3.63, 3.8) is 0 Å². The Morgan fingerprint density at radius 2 is 2.38 bits per heavy atom.